The number of halogens is 1. The van der Waals surface area contributed by atoms with Crippen LogP contribution in [0, 0.1) is 5.82 Å². The summed E-state index contributed by atoms with van der Waals surface area (Å²) in [4.78, 5) is 18.0. The third-order valence-corrected chi connectivity index (χ3v) is 4.90. The van der Waals surface area contributed by atoms with Crippen LogP contribution in [0.3, 0.4) is 0 Å². The Bertz CT molecular complexity index is 1120. The van der Waals surface area contributed by atoms with E-state index in [1.807, 2.05) is 29.2 Å². The fourth-order valence-electron chi connectivity index (χ4n) is 3.30. The molecule has 0 spiro atoms. The zero-order valence-corrected chi connectivity index (χ0v) is 16.5. The maximum atomic E-state index is 13.1. The van der Waals surface area contributed by atoms with Crippen LogP contribution in [0.15, 0.2) is 63.6 Å². The van der Waals surface area contributed by atoms with Crippen molar-refractivity contribution in [3.05, 3.63) is 64.8 Å². The van der Waals surface area contributed by atoms with Crippen molar-refractivity contribution in [2.75, 3.05) is 36.9 Å². The minimum Gasteiger partial charge on any atom is -0.382 e. The Labute approximate surface area is 172 Å². The molecule has 1 aromatic heterocycles. The van der Waals surface area contributed by atoms with Gasteiger partial charge in [-0.2, -0.15) is 10.1 Å². The molecule has 8 nitrogen and oxygen atoms in total. The Morgan fingerprint density at radius 3 is 2.23 bits per heavy atom. The topological polar surface area (TPSA) is 98.1 Å². The van der Waals surface area contributed by atoms with Crippen LogP contribution < -0.4 is 16.3 Å². The van der Waals surface area contributed by atoms with E-state index in [4.69, 9.17) is 10.5 Å². The van der Waals surface area contributed by atoms with Crippen molar-refractivity contribution in [2.24, 2.45) is 17.3 Å². The van der Waals surface area contributed by atoms with Crippen LogP contribution in [0.2, 0.25) is 0 Å². The van der Waals surface area contributed by atoms with E-state index >= 15 is 0 Å². The Hall–Kier alpha value is -3.59. The van der Waals surface area contributed by atoms with E-state index in [1.54, 1.807) is 19.2 Å². The lowest BCUT2D eigenvalue weighted by molar-refractivity contribution is 0.122. The molecule has 3 aromatic rings. The average Bonchev–Trinajstić information content (AvgIpc) is 2.77. The minimum atomic E-state index is -0.448. The molecule has 0 unspecified atom stereocenters. The molecule has 1 saturated heterocycles. The van der Waals surface area contributed by atoms with Crippen molar-refractivity contribution in [1.82, 2.24) is 9.55 Å². The van der Waals surface area contributed by atoms with Crippen LogP contribution in [0.5, 0.6) is 0 Å². The van der Waals surface area contributed by atoms with Gasteiger partial charge in [-0.1, -0.05) is 24.3 Å². The second kappa shape index (κ2) is 8.42. The molecule has 0 bridgehead atoms. The number of azo groups is 1. The van der Waals surface area contributed by atoms with Crippen LogP contribution in [0.4, 0.5) is 27.4 Å². The van der Waals surface area contributed by atoms with Crippen LogP contribution in [0.25, 0.3) is 11.1 Å². The van der Waals surface area contributed by atoms with Crippen LogP contribution in [0.1, 0.15) is 0 Å². The first-order chi connectivity index (χ1) is 14.5. The van der Waals surface area contributed by atoms with Gasteiger partial charge in [-0.25, -0.2) is 9.18 Å². The second-order valence-corrected chi connectivity index (χ2v) is 6.86. The maximum Gasteiger partial charge on any atom is 0.350 e. The first-order valence-electron chi connectivity index (χ1n) is 9.50. The molecular formula is C21H21FN6O2. The monoisotopic (exact) mass is 408 g/mol. The average molecular weight is 408 g/mol. The molecule has 0 atom stereocenters. The largest absolute Gasteiger partial charge is 0.382 e. The van der Waals surface area contributed by atoms with E-state index in [9.17, 15) is 9.18 Å². The summed E-state index contributed by atoms with van der Waals surface area (Å²) in [7, 11) is 1.63. The lowest BCUT2D eigenvalue weighted by Crippen LogP contribution is -2.40. The lowest BCUT2D eigenvalue weighted by Gasteiger charge is -2.30. The molecule has 0 aliphatic carbocycles. The Morgan fingerprint density at radius 2 is 1.60 bits per heavy atom. The van der Waals surface area contributed by atoms with E-state index in [2.05, 4.69) is 15.2 Å². The van der Waals surface area contributed by atoms with Gasteiger partial charge in [0.05, 0.1) is 18.9 Å². The number of nitrogens with zero attached hydrogens (tertiary/aromatic N) is 5. The van der Waals surface area contributed by atoms with Crippen molar-refractivity contribution >= 4 is 23.0 Å². The third-order valence-electron chi connectivity index (χ3n) is 4.90. The molecule has 4 rings (SSSR count). The van der Waals surface area contributed by atoms with Gasteiger partial charge in [0.25, 0.3) is 0 Å². The highest BCUT2D eigenvalue weighted by Crippen LogP contribution is 2.33. The Balaban J connectivity index is 1.64. The van der Waals surface area contributed by atoms with Gasteiger partial charge in [0.15, 0.2) is 11.5 Å². The standard InChI is InChI=1S/C21H21FN6O2/c1-27-20(28-10-12-30-13-11-28)18(19(23)24-21(27)29)26-25-17-8-4-15(5-9-17)14-2-6-16(22)7-3-14/h2-9H,10-13H2,1H3,(H2,23,24,29). The predicted molar refractivity (Wildman–Crippen MR) is 113 cm³/mol. The molecular weight excluding hydrogens is 387 g/mol. The Morgan fingerprint density at radius 1 is 1.00 bits per heavy atom. The van der Waals surface area contributed by atoms with Crippen LogP contribution >= 0.6 is 0 Å². The number of aromatic nitrogens is 2. The number of anilines is 2. The predicted octanol–water partition coefficient (Wildman–Crippen LogP) is 3.42. The summed E-state index contributed by atoms with van der Waals surface area (Å²) in [6.07, 6.45) is 0. The molecule has 154 valence electrons. The van der Waals surface area contributed by atoms with Gasteiger partial charge >= 0.3 is 5.69 Å². The summed E-state index contributed by atoms with van der Waals surface area (Å²) in [6.45, 7) is 2.34. The van der Waals surface area contributed by atoms with Crippen molar-refractivity contribution < 1.29 is 9.13 Å². The molecule has 1 aliphatic heterocycles. The number of rotatable bonds is 4. The van der Waals surface area contributed by atoms with Crippen molar-refractivity contribution in [3.63, 3.8) is 0 Å². The highest BCUT2D eigenvalue weighted by molar-refractivity contribution is 5.73. The summed E-state index contributed by atoms with van der Waals surface area (Å²) >= 11 is 0. The van der Waals surface area contributed by atoms with Gasteiger partial charge in [-0.15, -0.1) is 5.11 Å². The molecule has 0 saturated carbocycles. The van der Waals surface area contributed by atoms with Gasteiger partial charge in [-0.3, -0.25) is 4.57 Å². The zero-order valence-electron chi connectivity index (χ0n) is 16.5. The Kier molecular flexibility index (Phi) is 5.53. The lowest BCUT2D eigenvalue weighted by atomic mass is 10.1. The summed E-state index contributed by atoms with van der Waals surface area (Å²) in [5.74, 6) is 0.331. The van der Waals surface area contributed by atoms with Crippen molar-refractivity contribution in [2.45, 2.75) is 0 Å². The van der Waals surface area contributed by atoms with Gasteiger partial charge in [0, 0.05) is 20.1 Å². The van der Waals surface area contributed by atoms with Gasteiger partial charge in [0.1, 0.15) is 11.6 Å². The minimum absolute atomic E-state index is 0.0336. The van der Waals surface area contributed by atoms with Crippen molar-refractivity contribution in [1.29, 1.82) is 0 Å². The molecule has 2 heterocycles. The van der Waals surface area contributed by atoms with E-state index in [0.717, 1.165) is 11.1 Å². The highest BCUT2D eigenvalue weighted by atomic mass is 19.1. The number of nitrogens with two attached hydrogens (primary N) is 1. The number of ether oxygens (including phenoxy) is 1. The second-order valence-electron chi connectivity index (χ2n) is 6.86. The van der Waals surface area contributed by atoms with Crippen molar-refractivity contribution in [3.8, 4) is 11.1 Å². The van der Waals surface area contributed by atoms with Gasteiger partial charge in [0.2, 0.25) is 0 Å². The number of hydrogen-bond donors (Lipinski definition) is 1. The smallest absolute Gasteiger partial charge is 0.350 e. The number of morpholine rings is 1. The summed E-state index contributed by atoms with van der Waals surface area (Å²) in [6, 6.07) is 13.7. The van der Waals surface area contributed by atoms with E-state index in [-0.39, 0.29) is 11.6 Å². The number of benzene rings is 2. The van der Waals surface area contributed by atoms with E-state index < -0.39 is 5.69 Å². The van der Waals surface area contributed by atoms with Gasteiger partial charge < -0.3 is 15.4 Å². The summed E-state index contributed by atoms with van der Waals surface area (Å²) < 4.78 is 19.9. The first kappa shape index (κ1) is 19.7. The number of nitrogen functional groups attached to an aromatic ring is 1. The van der Waals surface area contributed by atoms with Crippen LogP contribution in [-0.4, -0.2) is 35.9 Å². The summed E-state index contributed by atoms with van der Waals surface area (Å²) in [5.41, 5.74) is 8.36. The molecule has 1 fully saturated rings. The molecule has 2 aromatic carbocycles. The summed E-state index contributed by atoms with van der Waals surface area (Å²) in [5, 5.41) is 8.60. The number of hydrogen-bond acceptors (Lipinski definition) is 7. The zero-order chi connectivity index (χ0) is 21.1. The third kappa shape index (κ3) is 4.06. The molecule has 9 heteroatoms. The normalized spacial score (nSPS) is 14.4. The first-order valence-corrected chi connectivity index (χ1v) is 9.50. The fourth-order valence-corrected chi connectivity index (χ4v) is 3.30. The molecule has 2 N–H and O–H groups in total. The SMILES string of the molecule is Cn1c(N2CCOCC2)c(N=Nc2ccc(-c3ccc(F)cc3)cc2)c(N)nc1=O. The maximum absolute atomic E-state index is 13.1. The molecule has 1 aliphatic rings. The molecule has 0 radical (unpaired) electrons. The van der Waals surface area contributed by atoms with E-state index in [0.29, 0.717) is 43.5 Å². The molecule has 30 heavy (non-hydrogen) atoms. The van der Waals surface area contributed by atoms with E-state index in [1.165, 1.54) is 16.7 Å². The van der Waals surface area contributed by atoms with Crippen LogP contribution in [-0.2, 0) is 11.8 Å². The quantitative estimate of drug-likeness (QED) is 0.667. The fraction of sp³-hybridized carbons (Fsp3) is 0.238. The molecule has 0 amide bonds. The highest BCUT2D eigenvalue weighted by Gasteiger charge is 2.21. The van der Waals surface area contributed by atoms with Gasteiger partial charge in [-0.05, 0) is 35.4 Å².